The van der Waals surface area contributed by atoms with Gasteiger partial charge in [-0.1, -0.05) is 20.3 Å². The fourth-order valence-electron chi connectivity index (χ4n) is 1.62. The normalized spacial score (nSPS) is 12.4. The number of nitrogens with two attached hydrogens (primary N) is 1. The number of aromatic nitrogens is 2. The third kappa shape index (κ3) is 4.09. The molecule has 0 radical (unpaired) electrons. The van der Waals surface area contributed by atoms with E-state index < -0.39 is 0 Å². The molecule has 0 bridgehead atoms. The van der Waals surface area contributed by atoms with E-state index in [0.29, 0.717) is 11.6 Å². The van der Waals surface area contributed by atoms with Crippen molar-refractivity contribution in [2.45, 2.75) is 33.7 Å². The first-order chi connectivity index (χ1) is 8.06. The molecule has 0 spiro atoms. The summed E-state index contributed by atoms with van der Waals surface area (Å²) in [4.78, 5) is 13.9. The zero-order valence-electron chi connectivity index (χ0n) is 10.9. The maximum Gasteiger partial charge on any atom is 0.244 e. The van der Waals surface area contributed by atoms with Gasteiger partial charge in [0.1, 0.15) is 6.54 Å². The average molecular weight is 238 g/mol. The molecule has 5 heteroatoms. The number of carbonyl (C=O) groups excluding carboxylic acids is 1. The van der Waals surface area contributed by atoms with Crippen molar-refractivity contribution in [1.82, 2.24) is 14.7 Å². The van der Waals surface area contributed by atoms with Crippen molar-refractivity contribution < 1.29 is 4.79 Å². The van der Waals surface area contributed by atoms with E-state index in [2.05, 4.69) is 18.9 Å². The molecule has 1 aromatic heterocycles. The lowest BCUT2D eigenvalue weighted by atomic mass is 10.1. The molecule has 96 valence electrons. The minimum absolute atomic E-state index is 0.0934. The summed E-state index contributed by atoms with van der Waals surface area (Å²) in [7, 11) is 0. The first kappa shape index (κ1) is 13.5. The molecule has 2 N–H and O–H groups in total. The summed E-state index contributed by atoms with van der Waals surface area (Å²) < 4.78 is 1.58. The summed E-state index contributed by atoms with van der Waals surface area (Å²) in [6.07, 6.45) is 4.31. The van der Waals surface area contributed by atoms with Gasteiger partial charge in [0.05, 0.1) is 11.9 Å². The molecule has 1 atom stereocenters. The average Bonchev–Trinajstić information content (AvgIpc) is 2.70. The summed E-state index contributed by atoms with van der Waals surface area (Å²) in [6, 6.07) is 0. The van der Waals surface area contributed by atoms with Gasteiger partial charge < -0.3 is 10.6 Å². The third-order valence-corrected chi connectivity index (χ3v) is 2.91. The van der Waals surface area contributed by atoms with Gasteiger partial charge in [0, 0.05) is 19.3 Å². The first-order valence-electron chi connectivity index (χ1n) is 6.12. The topological polar surface area (TPSA) is 64.2 Å². The Labute approximate surface area is 103 Å². The maximum atomic E-state index is 12.0. The summed E-state index contributed by atoms with van der Waals surface area (Å²) in [5, 5.41) is 4.02. The van der Waals surface area contributed by atoms with Gasteiger partial charge in [0.15, 0.2) is 0 Å². The highest BCUT2D eigenvalue weighted by Gasteiger charge is 2.14. The van der Waals surface area contributed by atoms with E-state index in [4.69, 9.17) is 5.73 Å². The smallest absolute Gasteiger partial charge is 0.244 e. The maximum absolute atomic E-state index is 12.0. The number of carbonyl (C=O) groups is 1. The Morgan fingerprint density at radius 3 is 2.76 bits per heavy atom. The highest BCUT2D eigenvalue weighted by atomic mass is 16.2. The number of rotatable bonds is 6. The molecule has 1 amide bonds. The van der Waals surface area contributed by atoms with Gasteiger partial charge in [-0.2, -0.15) is 5.10 Å². The van der Waals surface area contributed by atoms with Crippen LogP contribution in [0.25, 0.3) is 0 Å². The summed E-state index contributed by atoms with van der Waals surface area (Å²) >= 11 is 0. The Hall–Kier alpha value is -1.52. The van der Waals surface area contributed by atoms with Crippen molar-refractivity contribution in [1.29, 1.82) is 0 Å². The highest BCUT2D eigenvalue weighted by Crippen LogP contribution is 2.06. The van der Waals surface area contributed by atoms with Crippen LogP contribution in [0.1, 0.15) is 27.2 Å². The number of likely N-dealkylation sites (N-methyl/N-ethyl adjacent to an activating group) is 1. The summed E-state index contributed by atoms with van der Waals surface area (Å²) in [5.74, 6) is 0.623. The van der Waals surface area contributed by atoms with Crippen molar-refractivity contribution in [3.63, 3.8) is 0 Å². The quantitative estimate of drug-likeness (QED) is 0.814. The summed E-state index contributed by atoms with van der Waals surface area (Å²) in [5.41, 5.74) is 6.14. The van der Waals surface area contributed by atoms with E-state index in [1.165, 1.54) is 0 Å². The van der Waals surface area contributed by atoms with Gasteiger partial charge in [-0.25, -0.2) is 0 Å². The number of anilines is 1. The van der Waals surface area contributed by atoms with Crippen LogP contribution in [0, 0.1) is 5.92 Å². The van der Waals surface area contributed by atoms with Gasteiger partial charge in [-0.3, -0.25) is 9.48 Å². The van der Waals surface area contributed by atoms with Crippen LogP contribution in [0.5, 0.6) is 0 Å². The van der Waals surface area contributed by atoms with Crippen LogP contribution < -0.4 is 5.73 Å². The standard InChI is InChI=1S/C12H22N4O/c1-4-10(3)7-15(5-2)12(17)9-16-8-11(13)6-14-16/h6,8,10H,4-5,7,9,13H2,1-3H3. The molecule has 0 aliphatic carbocycles. The van der Waals surface area contributed by atoms with Gasteiger partial charge >= 0.3 is 0 Å². The van der Waals surface area contributed by atoms with Crippen molar-refractivity contribution >= 4 is 11.6 Å². The molecule has 0 aliphatic rings. The van der Waals surface area contributed by atoms with E-state index in [1.807, 2.05) is 11.8 Å². The lowest BCUT2D eigenvalue weighted by molar-refractivity contribution is -0.132. The van der Waals surface area contributed by atoms with Crippen molar-refractivity contribution in [3.8, 4) is 0 Å². The Morgan fingerprint density at radius 1 is 1.59 bits per heavy atom. The Morgan fingerprint density at radius 2 is 2.29 bits per heavy atom. The van der Waals surface area contributed by atoms with Crippen LogP contribution in [0.2, 0.25) is 0 Å². The fraction of sp³-hybridized carbons (Fsp3) is 0.667. The zero-order chi connectivity index (χ0) is 12.8. The van der Waals surface area contributed by atoms with E-state index in [-0.39, 0.29) is 12.5 Å². The first-order valence-corrected chi connectivity index (χ1v) is 6.12. The summed E-state index contributed by atoms with van der Waals surface area (Å²) in [6.45, 7) is 8.10. The van der Waals surface area contributed by atoms with Crippen LogP contribution in [0.15, 0.2) is 12.4 Å². The van der Waals surface area contributed by atoms with Gasteiger partial charge in [0.2, 0.25) is 5.91 Å². The lowest BCUT2D eigenvalue weighted by Crippen LogP contribution is -2.36. The molecule has 5 nitrogen and oxygen atoms in total. The second-order valence-corrected chi connectivity index (χ2v) is 4.42. The second-order valence-electron chi connectivity index (χ2n) is 4.42. The third-order valence-electron chi connectivity index (χ3n) is 2.91. The zero-order valence-corrected chi connectivity index (χ0v) is 10.9. The number of nitrogen functional groups attached to an aromatic ring is 1. The predicted octanol–water partition coefficient (Wildman–Crippen LogP) is 1.36. The van der Waals surface area contributed by atoms with Gasteiger partial charge in [-0.05, 0) is 12.8 Å². The van der Waals surface area contributed by atoms with E-state index in [9.17, 15) is 4.79 Å². The van der Waals surface area contributed by atoms with Crippen molar-refractivity contribution in [2.75, 3.05) is 18.8 Å². The molecule has 1 rings (SSSR count). The van der Waals surface area contributed by atoms with Crippen LogP contribution in [-0.2, 0) is 11.3 Å². The Kier molecular flexibility index (Phi) is 5.00. The number of amides is 1. The molecular weight excluding hydrogens is 216 g/mol. The van der Waals surface area contributed by atoms with E-state index >= 15 is 0 Å². The van der Waals surface area contributed by atoms with E-state index in [1.54, 1.807) is 17.1 Å². The highest BCUT2D eigenvalue weighted by molar-refractivity contribution is 5.75. The van der Waals surface area contributed by atoms with Crippen molar-refractivity contribution in [3.05, 3.63) is 12.4 Å². The number of hydrogen-bond acceptors (Lipinski definition) is 3. The van der Waals surface area contributed by atoms with Gasteiger partial charge in [0.25, 0.3) is 0 Å². The molecule has 0 aliphatic heterocycles. The van der Waals surface area contributed by atoms with Crippen LogP contribution in [0.3, 0.4) is 0 Å². The molecule has 1 heterocycles. The molecule has 17 heavy (non-hydrogen) atoms. The SMILES string of the molecule is CCC(C)CN(CC)C(=O)Cn1cc(N)cn1. The molecule has 0 saturated carbocycles. The second kappa shape index (κ2) is 6.27. The molecule has 0 aromatic carbocycles. The van der Waals surface area contributed by atoms with Crippen LogP contribution in [-0.4, -0.2) is 33.7 Å². The minimum Gasteiger partial charge on any atom is -0.396 e. The predicted molar refractivity (Wildman–Crippen MR) is 68.3 cm³/mol. The lowest BCUT2D eigenvalue weighted by Gasteiger charge is -2.24. The molecule has 0 saturated heterocycles. The van der Waals surface area contributed by atoms with Crippen molar-refractivity contribution in [2.24, 2.45) is 5.92 Å². The fourth-order valence-corrected chi connectivity index (χ4v) is 1.62. The van der Waals surface area contributed by atoms with E-state index in [0.717, 1.165) is 19.5 Å². The monoisotopic (exact) mass is 238 g/mol. The molecular formula is C12H22N4O. The minimum atomic E-state index is 0.0934. The van der Waals surface area contributed by atoms with Crippen LogP contribution in [0.4, 0.5) is 5.69 Å². The molecule has 1 unspecified atom stereocenters. The molecule has 0 fully saturated rings. The van der Waals surface area contributed by atoms with Crippen LogP contribution >= 0.6 is 0 Å². The molecule has 1 aromatic rings. The Balaban J connectivity index is 2.54. The number of nitrogens with zero attached hydrogens (tertiary/aromatic N) is 3. The Bertz CT molecular complexity index is 361. The van der Waals surface area contributed by atoms with Gasteiger partial charge in [-0.15, -0.1) is 0 Å². The number of hydrogen-bond donors (Lipinski definition) is 1. The largest absolute Gasteiger partial charge is 0.396 e.